The van der Waals surface area contributed by atoms with E-state index in [0.29, 0.717) is 37.4 Å². The highest BCUT2D eigenvalue weighted by atomic mass is 16.6. The fourth-order valence-corrected chi connectivity index (χ4v) is 3.38. The largest absolute Gasteiger partial charge is 0.481 e. The van der Waals surface area contributed by atoms with Crippen molar-refractivity contribution < 1.29 is 19.7 Å². The summed E-state index contributed by atoms with van der Waals surface area (Å²) >= 11 is 0. The van der Waals surface area contributed by atoms with Crippen LogP contribution in [0.1, 0.15) is 24.0 Å². The Morgan fingerprint density at radius 2 is 1.97 bits per heavy atom. The van der Waals surface area contributed by atoms with Crippen LogP contribution in [0.15, 0.2) is 59.8 Å². The van der Waals surface area contributed by atoms with E-state index in [1.807, 2.05) is 30.3 Å². The third kappa shape index (κ3) is 5.61. The van der Waals surface area contributed by atoms with E-state index in [1.54, 1.807) is 12.1 Å². The third-order valence-electron chi connectivity index (χ3n) is 4.89. The van der Waals surface area contributed by atoms with Crippen molar-refractivity contribution in [3.63, 3.8) is 0 Å². The first-order chi connectivity index (χ1) is 14.0. The van der Waals surface area contributed by atoms with Crippen molar-refractivity contribution in [3.8, 4) is 0 Å². The number of non-ortho nitro benzene ring substituents is 1. The molecule has 1 unspecified atom stereocenters. The van der Waals surface area contributed by atoms with Crippen LogP contribution >= 0.6 is 0 Å². The standard InChI is InChI=1S/C21H23N3O5/c25-21(26)18-9-5-11-23(15-18)12-13-29-22-20(16-6-2-1-3-7-16)17-8-4-10-19(14-17)24(27)28/h1-4,6-8,10,14,18H,5,9,11-13,15H2,(H,25,26). The molecule has 0 saturated carbocycles. The summed E-state index contributed by atoms with van der Waals surface area (Å²) in [6.45, 7) is 2.23. The van der Waals surface area contributed by atoms with E-state index in [4.69, 9.17) is 4.84 Å². The molecule has 0 aromatic heterocycles. The van der Waals surface area contributed by atoms with Crippen LogP contribution in [0.5, 0.6) is 0 Å². The summed E-state index contributed by atoms with van der Waals surface area (Å²) < 4.78 is 0. The average molecular weight is 397 g/mol. The van der Waals surface area contributed by atoms with Crippen LogP contribution in [0, 0.1) is 16.0 Å². The number of nitrogens with zero attached hydrogens (tertiary/aromatic N) is 3. The Morgan fingerprint density at radius 1 is 1.21 bits per heavy atom. The summed E-state index contributed by atoms with van der Waals surface area (Å²) in [4.78, 5) is 29.4. The zero-order chi connectivity index (χ0) is 20.6. The molecule has 0 amide bonds. The fourth-order valence-electron chi connectivity index (χ4n) is 3.38. The second-order valence-electron chi connectivity index (χ2n) is 6.92. The molecular weight excluding hydrogens is 374 g/mol. The van der Waals surface area contributed by atoms with Crippen molar-refractivity contribution >= 4 is 17.4 Å². The number of aliphatic carboxylic acids is 1. The maximum atomic E-state index is 11.2. The average Bonchev–Trinajstić information content (AvgIpc) is 2.74. The maximum Gasteiger partial charge on any atom is 0.307 e. The van der Waals surface area contributed by atoms with Gasteiger partial charge in [-0.2, -0.15) is 0 Å². The number of carboxylic acids is 1. The molecule has 1 aliphatic heterocycles. The Morgan fingerprint density at radius 3 is 2.69 bits per heavy atom. The van der Waals surface area contributed by atoms with Crippen LogP contribution in [-0.2, 0) is 9.63 Å². The summed E-state index contributed by atoms with van der Waals surface area (Å²) in [5, 5.41) is 24.5. The first-order valence-electron chi connectivity index (χ1n) is 9.50. The van der Waals surface area contributed by atoms with Crippen LogP contribution in [0.25, 0.3) is 0 Å². The number of nitro groups is 1. The van der Waals surface area contributed by atoms with Crippen molar-refractivity contribution in [3.05, 3.63) is 75.8 Å². The van der Waals surface area contributed by atoms with Crippen molar-refractivity contribution in [2.24, 2.45) is 11.1 Å². The molecule has 1 N–H and O–H groups in total. The predicted octanol–water partition coefficient (Wildman–Crippen LogP) is 3.16. The summed E-state index contributed by atoms with van der Waals surface area (Å²) in [5.74, 6) is -1.09. The lowest BCUT2D eigenvalue weighted by molar-refractivity contribution is -0.384. The second kappa shape index (κ2) is 9.79. The van der Waals surface area contributed by atoms with Crippen molar-refractivity contribution in [2.75, 3.05) is 26.2 Å². The smallest absolute Gasteiger partial charge is 0.307 e. The molecule has 1 aliphatic rings. The number of hydrogen-bond donors (Lipinski definition) is 1. The molecule has 3 rings (SSSR count). The number of oxime groups is 1. The topological polar surface area (TPSA) is 105 Å². The molecule has 2 aromatic carbocycles. The van der Waals surface area contributed by atoms with Gasteiger partial charge in [-0.25, -0.2) is 0 Å². The SMILES string of the molecule is O=C(O)C1CCCN(CCON=C(c2ccccc2)c2cccc([N+](=O)[O-])c2)C1. The summed E-state index contributed by atoms with van der Waals surface area (Å²) in [6, 6.07) is 15.6. The van der Waals surface area contributed by atoms with Gasteiger partial charge in [0.25, 0.3) is 5.69 Å². The molecule has 29 heavy (non-hydrogen) atoms. The van der Waals surface area contributed by atoms with E-state index < -0.39 is 10.9 Å². The molecule has 1 saturated heterocycles. The first-order valence-corrected chi connectivity index (χ1v) is 9.50. The van der Waals surface area contributed by atoms with Crippen LogP contribution in [0.4, 0.5) is 5.69 Å². The van der Waals surface area contributed by atoms with E-state index in [1.165, 1.54) is 12.1 Å². The molecule has 0 radical (unpaired) electrons. The second-order valence-corrected chi connectivity index (χ2v) is 6.92. The molecule has 0 bridgehead atoms. The Bertz CT molecular complexity index is 885. The monoisotopic (exact) mass is 397 g/mol. The summed E-state index contributed by atoms with van der Waals surface area (Å²) in [6.07, 6.45) is 1.55. The van der Waals surface area contributed by atoms with Crippen LogP contribution in [0.2, 0.25) is 0 Å². The number of piperidine rings is 1. The highest BCUT2D eigenvalue weighted by Crippen LogP contribution is 2.18. The summed E-state index contributed by atoms with van der Waals surface area (Å²) in [5.41, 5.74) is 1.88. The molecule has 1 atom stereocenters. The molecule has 0 aliphatic carbocycles. The van der Waals surface area contributed by atoms with Crippen LogP contribution in [0.3, 0.4) is 0 Å². The van der Waals surface area contributed by atoms with Crippen LogP contribution < -0.4 is 0 Å². The van der Waals surface area contributed by atoms with Gasteiger partial charge in [0.15, 0.2) is 0 Å². The number of carbonyl (C=O) groups is 1. The molecule has 8 heteroatoms. The molecule has 8 nitrogen and oxygen atoms in total. The Kier molecular flexibility index (Phi) is 6.91. The van der Waals surface area contributed by atoms with E-state index >= 15 is 0 Å². The van der Waals surface area contributed by atoms with Gasteiger partial charge in [0, 0.05) is 36.3 Å². The maximum absolute atomic E-state index is 11.2. The minimum absolute atomic E-state index is 0.0147. The van der Waals surface area contributed by atoms with E-state index in [9.17, 15) is 20.0 Å². The lowest BCUT2D eigenvalue weighted by atomic mass is 9.98. The minimum Gasteiger partial charge on any atom is -0.481 e. The quantitative estimate of drug-likeness (QED) is 0.317. The van der Waals surface area contributed by atoms with Crippen molar-refractivity contribution in [1.82, 2.24) is 4.90 Å². The predicted molar refractivity (Wildman–Crippen MR) is 108 cm³/mol. The molecular formula is C21H23N3O5. The molecule has 152 valence electrons. The lowest BCUT2D eigenvalue weighted by Gasteiger charge is -2.29. The summed E-state index contributed by atoms with van der Waals surface area (Å²) in [7, 11) is 0. The Balaban J connectivity index is 1.70. The Labute approximate surface area is 168 Å². The zero-order valence-electron chi connectivity index (χ0n) is 15.9. The van der Waals surface area contributed by atoms with Gasteiger partial charge in [0.05, 0.1) is 10.8 Å². The van der Waals surface area contributed by atoms with E-state index in [2.05, 4.69) is 10.1 Å². The molecule has 1 fully saturated rings. The number of carboxylic acid groups (broad SMARTS) is 1. The number of likely N-dealkylation sites (tertiary alicyclic amines) is 1. The highest BCUT2D eigenvalue weighted by Gasteiger charge is 2.25. The number of nitro benzene ring substituents is 1. The zero-order valence-corrected chi connectivity index (χ0v) is 15.9. The van der Waals surface area contributed by atoms with Crippen LogP contribution in [-0.4, -0.2) is 52.9 Å². The Hall–Kier alpha value is -3.26. The van der Waals surface area contributed by atoms with Crippen molar-refractivity contribution in [1.29, 1.82) is 0 Å². The third-order valence-corrected chi connectivity index (χ3v) is 4.89. The highest BCUT2D eigenvalue weighted by molar-refractivity contribution is 6.12. The van der Waals surface area contributed by atoms with Gasteiger partial charge in [-0.15, -0.1) is 0 Å². The van der Waals surface area contributed by atoms with E-state index in [0.717, 1.165) is 18.5 Å². The van der Waals surface area contributed by atoms with Gasteiger partial charge >= 0.3 is 5.97 Å². The number of hydrogen-bond acceptors (Lipinski definition) is 6. The first kappa shape index (κ1) is 20.5. The van der Waals surface area contributed by atoms with Gasteiger partial charge in [0.1, 0.15) is 12.3 Å². The minimum atomic E-state index is -0.759. The lowest BCUT2D eigenvalue weighted by Crippen LogP contribution is -2.40. The van der Waals surface area contributed by atoms with Gasteiger partial charge in [0.2, 0.25) is 0 Å². The number of rotatable bonds is 8. The molecule has 0 spiro atoms. The number of benzene rings is 2. The van der Waals surface area contributed by atoms with Gasteiger partial charge < -0.3 is 9.94 Å². The van der Waals surface area contributed by atoms with E-state index in [-0.39, 0.29) is 11.6 Å². The fraction of sp³-hybridized carbons (Fsp3) is 0.333. The van der Waals surface area contributed by atoms with Gasteiger partial charge in [-0.05, 0) is 19.4 Å². The van der Waals surface area contributed by atoms with Gasteiger partial charge in [-0.1, -0.05) is 47.6 Å². The molecule has 2 aromatic rings. The van der Waals surface area contributed by atoms with Crippen molar-refractivity contribution in [2.45, 2.75) is 12.8 Å². The van der Waals surface area contributed by atoms with Gasteiger partial charge in [-0.3, -0.25) is 19.8 Å². The molecule has 1 heterocycles. The normalized spacial score (nSPS) is 17.7.